The van der Waals surface area contributed by atoms with Gasteiger partial charge in [-0.25, -0.2) is 0 Å². The summed E-state index contributed by atoms with van der Waals surface area (Å²) in [7, 11) is 0. The molecule has 25 heavy (non-hydrogen) atoms. The lowest BCUT2D eigenvalue weighted by Gasteiger charge is -2.15. The lowest BCUT2D eigenvalue weighted by molar-refractivity contribution is -0.142. The Morgan fingerprint density at radius 3 is 2.68 bits per heavy atom. The van der Waals surface area contributed by atoms with Crippen LogP contribution in [0.5, 0.6) is 5.75 Å². The van der Waals surface area contributed by atoms with Gasteiger partial charge in [-0.15, -0.1) is 0 Å². The first-order valence-corrected chi connectivity index (χ1v) is 9.61. The summed E-state index contributed by atoms with van der Waals surface area (Å²) in [6.07, 6.45) is 8.21. The molecule has 1 N–H and O–H groups in total. The molecule has 1 aliphatic carbocycles. The van der Waals surface area contributed by atoms with Gasteiger partial charge in [0.05, 0.1) is 12.5 Å². The zero-order valence-electron chi connectivity index (χ0n) is 15.5. The number of carbonyl (C=O) groups excluding carboxylic acids is 1. The van der Waals surface area contributed by atoms with Crippen molar-refractivity contribution in [3.05, 3.63) is 28.8 Å². The van der Waals surface area contributed by atoms with Crippen molar-refractivity contribution in [2.45, 2.75) is 71.6 Å². The van der Waals surface area contributed by atoms with Gasteiger partial charge in [-0.05, 0) is 49.3 Å². The number of Topliss-reactive ketones (excluding diaryl/α,β-unsaturated/α-hetero) is 1. The van der Waals surface area contributed by atoms with Gasteiger partial charge < -0.3 is 9.84 Å². The van der Waals surface area contributed by atoms with Crippen LogP contribution in [0.3, 0.4) is 0 Å². The molecule has 0 aromatic heterocycles. The third-order valence-electron chi connectivity index (χ3n) is 5.07. The van der Waals surface area contributed by atoms with Crippen LogP contribution >= 0.6 is 0 Å². The summed E-state index contributed by atoms with van der Waals surface area (Å²) in [6, 6.07) is 4.03. The normalized spacial score (nSPS) is 14.4. The van der Waals surface area contributed by atoms with E-state index in [0.717, 1.165) is 41.7 Å². The molecule has 0 fully saturated rings. The maximum absolute atomic E-state index is 12.0. The van der Waals surface area contributed by atoms with Crippen LogP contribution in [0.1, 0.15) is 80.3 Å². The average molecular weight is 346 g/mol. The van der Waals surface area contributed by atoms with Crippen LogP contribution in [0.15, 0.2) is 12.1 Å². The minimum absolute atomic E-state index is 0.189. The molecule has 4 nitrogen and oxygen atoms in total. The highest BCUT2D eigenvalue weighted by Gasteiger charge is 2.22. The van der Waals surface area contributed by atoms with E-state index in [9.17, 15) is 9.59 Å². The van der Waals surface area contributed by atoms with Crippen molar-refractivity contribution >= 4 is 11.8 Å². The van der Waals surface area contributed by atoms with Gasteiger partial charge in [-0.2, -0.15) is 0 Å². The second kappa shape index (κ2) is 9.59. The van der Waals surface area contributed by atoms with Gasteiger partial charge in [0.2, 0.25) is 0 Å². The zero-order valence-corrected chi connectivity index (χ0v) is 15.5. The summed E-state index contributed by atoms with van der Waals surface area (Å²) in [5.41, 5.74) is 3.09. The number of aliphatic carboxylic acids is 1. The number of hydrogen-bond acceptors (Lipinski definition) is 3. The fraction of sp³-hybridized carbons (Fsp3) is 0.619. The second-order valence-electron chi connectivity index (χ2n) is 6.93. The predicted molar refractivity (Wildman–Crippen MR) is 98.5 cm³/mol. The van der Waals surface area contributed by atoms with Crippen LogP contribution in [0.2, 0.25) is 0 Å². The third-order valence-corrected chi connectivity index (χ3v) is 5.07. The molecule has 0 spiro atoms. The Hall–Kier alpha value is -1.84. The number of aryl methyl sites for hydroxylation is 2. The quantitative estimate of drug-likeness (QED) is 0.584. The van der Waals surface area contributed by atoms with E-state index in [1.807, 2.05) is 13.0 Å². The Morgan fingerprint density at radius 1 is 1.20 bits per heavy atom. The van der Waals surface area contributed by atoms with Crippen LogP contribution in [0.25, 0.3) is 0 Å². The summed E-state index contributed by atoms with van der Waals surface area (Å²) in [5.74, 6) is -0.181. The molecule has 0 heterocycles. The first kappa shape index (κ1) is 19.5. The van der Waals surface area contributed by atoms with Gasteiger partial charge in [0.15, 0.2) is 5.78 Å². The molecule has 138 valence electrons. The Kier molecular flexibility index (Phi) is 7.48. The molecule has 1 aromatic carbocycles. The van der Waals surface area contributed by atoms with E-state index in [0.29, 0.717) is 25.9 Å². The minimum Gasteiger partial charge on any atom is -0.493 e. The van der Waals surface area contributed by atoms with Crippen molar-refractivity contribution in [3.63, 3.8) is 0 Å². The van der Waals surface area contributed by atoms with Crippen LogP contribution in [0.4, 0.5) is 0 Å². The molecule has 0 saturated heterocycles. The van der Waals surface area contributed by atoms with Crippen LogP contribution < -0.4 is 4.74 Å². The van der Waals surface area contributed by atoms with E-state index in [-0.39, 0.29) is 11.7 Å². The van der Waals surface area contributed by atoms with Gasteiger partial charge in [0.1, 0.15) is 5.75 Å². The fourth-order valence-electron chi connectivity index (χ4n) is 3.41. The molecule has 4 heteroatoms. The van der Waals surface area contributed by atoms with Gasteiger partial charge in [-0.3, -0.25) is 9.59 Å². The highest BCUT2D eigenvalue weighted by atomic mass is 16.5. The summed E-state index contributed by atoms with van der Waals surface area (Å²) in [4.78, 5) is 23.2. The molecule has 0 saturated carbocycles. The Balaban J connectivity index is 2.06. The number of carbonyl (C=O) groups is 2. The van der Waals surface area contributed by atoms with Crippen LogP contribution in [0, 0.1) is 5.92 Å². The van der Waals surface area contributed by atoms with Crippen molar-refractivity contribution in [1.82, 2.24) is 0 Å². The Bertz CT molecular complexity index is 606. The molecule has 2 rings (SSSR count). The molecule has 0 bridgehead atoms. The van der Waals surface area contributed by atoms with E-state index in [1.54, 1.807) is 0 Å². The summed E-state index contributed by atoms with van der Waals surface area (Å²) in [6.45, 7) is 4.45. The van der Waals surface area contributed by atoms with E-state index >= 15 is 0 Å². The van der Waals surface area contributed by atoms with Crippen LogP contribution in [-0.4, -0.2) is 23.5 Å². The molecule has 0 radical (unpaired) electrons. The van der Waals surface area contributed by atoms with Gasteiger partial charge in [0, 0.05) is 12.0 Å². The number of benzene rings is 1. The second-order valence-corrected chi connectivity index (χ2v) is 6.93. The molecular weight excluding hydrogens is 316 g/mol. The number of ether oxygens (including phenoxy) is 1. The van der Waals surface area contributed by atoms with Gasteiger partial charge in [-0.1, -0.05) is 39.2 Å². The molecular formula is C21H30O4. The first-order valence-electron chi connectivity index (χ1n) is 9.61. The fourth-order valence-corrected chi connectivity index (χ4v) is 3.41. The third kappa shape index (κ3) is 5.32. The van der Waals surface area contributed by atoms with Crippen molar-refractivity contribution in [2.24, 2.45) is 5.92 Å². The monoisotopic (exact) mass is 346 g/mol. The predicted octanol–water partition coefficient (Wildman–Crippen LogP) is 4.82. The highest BCUT2D eigenvalue weighted by molar-refractivity contribution is 6.00. The van der Waals surface area contributed by atoms with Crippen LogP contribution in [-0.2, 0) is 17.6 Å². The van der Waals surface area contributed by atoms with Crippen molar-refractivity contribution in [1.29, 1.82) is 0 Å². The minimum atomic E-state index is -0.768. The zero-order chi connectivity index (χ0) is 18.2. The highest BCUT2D eigenvalue weighted by Crippen LogP contribution is 2.31. The molecule has 1 aliphatic rings. The van der Waals surface area contributed by atoms with Gasteiger partial charge in [0.25, 0.3) is 0 Å². The number of carboxylic acid groups (broad SMARTS) is 1. The lowest BCUT2D eigenvalue weighted by atomic mass is 9.99. The Morgan fingerprint density at radius 2 is 2.00 bits per heavy atom. The lowest BCUT2D eigenvalue weighted by Crippen LogP contribution is -2.16. The number of ketones is 1. The molecule has 1 unspecified atom stereocenters. The summed E-state index contributed by atoms with van der Waals surface area (Å²) >= 11 is 0. The van der Waals surface area contributed by atoms with E-state index in [1.165, 1.54) is 19.3 Å². The number of carboxylic acids is 1. The molecule has 1 atom stereocenters. The van der Waals surface area contributed by atoms with E-state index < -0.39 is 5.97 Å². The number of rotatable bonds is 11. The smallest absolute Gasteiger partial charge is 0.306 e. The summed E-state index contributed by atoms with van der Waals surface area (Å²) < 4.78 is 5.93. The summed E-state index contributed by atoms with van der Waals surface area (Å²) in [5, 5.41) is 9.15. The molecule has 0 amide bonds. The number of hydrogen-bond donors (Lipinski definition) is 1. The maximum atomic E-state index is 12.0. The van der Waals surface area contributed by atoms with Crippen molar-refractivity contribution in [2.75, 3.05) is 6.61 Å². The maximum Gasteiger partial charge on any atom is 0.306 e. The molecule has 1 aromatic rings. The number of unbranched alkanes of at least 4 members (excludes halogenated alkanes) is 3. The Labute approximate surface area is 150 Å². The number of fused-ring (bicyclic) bond motifs is 1. The average Bonchev–Trinajstić information content (AvgIpc) is 2.95. The van der Waals surface area contributed by atoms with E-state index in [4.69, 9.17) is 9.84 Å². The van der Waals surface area contributed by atoms with Crippen molar-refractivity contribution < 1.29 is 19.4 Å². The largest absolute Gasteiger partial charge is 0.493 e. The molecule has 0 aliphatic heterocycles. The topological polar surface area (TPSA) is 63.6 Å². The van der Waals surface area contributed by atoms with Crippen molar-refractivity contribution in [3.8, 4) is 5.75 Å². The van der Waals surface area contributed by atoms with Gasteiger partial charge >= 0.3 is 5.97 Å². The van der Waals surface area contributed by atoms with E-state index in [2.05, 4.69) is 13.0 Å². The standard InChI is InChI=1S/C21H30O4/c1-3-5-6-7-8-17-13-16-9-10-19(22)18(16)14-20(17)25-12-11-15(4-2)21(23)24/h13-15H,3-12H2,1-2H3,(H,23,24). The SMILES string of the molecule is CCCCCCc1cc2c(cc1OCCC(CC)C(=O)O)C(=O)CC2. The first-order chi connectivity index (χ1) is 12.1.